The highest BCUT2D eigenvalue weighted by atomic mass is 16.5. The van der Waals surface area contributed by atoms with Gasteiger partial charge in [0.2, 0.25) is 5.91 Å². The van der Waals surface area contributed by atoms with E-state index in [0.29, 0.717) is 12.1 Å². The van der Waals surface area contributed by atoms with Gasteiger partial charge in [-0.05, 0) is 32.2 Å². The van der Waals surface area contributed by atoms with Gasteiger partial charge in [-0.1, -0.05) is 13.8 Å². The number of likely N-dealkylation sites (tertiary alicyclic amines) is 1. The normalized spacial score (nSPS) is 18.6. The zero-order valence-electron chi connectivity index (χ0n) is 13.2. The molecule has 0 aromatic rings. The van der Waals surface area contributed by atoms with Crippen LogP contribution < -0.4 is 11.1 Å². The topological polar surface area (TPSA) is 67.6 Å². The van der Waals surface area contributed by atoms with E-state index in [1.54, 1.807) is 7.11 Å². The van der Waals surface area contributed by atoms with Gasteiger partial charge < -0.3 is 20.7 Å². The second kappa shape index (κ2) is 9.32. The number of methoxy groups -OCH3 is 1. The molecule has 0 radical (unpaired) electrons. The summed E-state index contributed by atoms with van der Waals surface area (Å²) in [6, 6.07) is 0.866. The number of carbonyl (C=O) groups is 1. The number of hydrogen-bond donors (Lipinski definition) is 2. The molecule has 1 unspecified atom stereocenters. The number of nitrogens with two attached hydrogens (primary N) is 1. The molecule has 0 aliphatic carbocycles. The lowest BCUT2D eigenvalue weighted by molar-refractivity contribution is -0.135. The highest BCUT2D eigenvalue weighted by molar-refractivity contribution is 5.78. The number of amides is 1. The van der Waals surface area contributed by atoms with E-state index in [4.69, 9.17) is 10.5 Å². The molecule has 1 heterocycles. The molecule has 1 atom stereocenters. The largest absolute Gasteiger partial charge is 0.383 e. The van der Waals surface area contributed by atoms with Gasteiger partial charge in [0.25, 0.3) is 0 Å². The fourth-order valence-corrected chi connectivity index (χ4v) is 2.75. The maximum absolute atomic E-state index is 11.9. The van der Waals surface area contributed by atoms with Crippen LogP contribution in [0.4, 0.5) is 0 Å². The van der Waals surface area contributed by atoms with E-state index >= 15 is 0 Å². The molecule has 20 heavy (non-hydrogen) atoms. The summed E-state index contributed by atoms with van der Waals surface area (Å²) in [5, 5.41) is 3.66. The van der Waals surface area contributed by atoms with Gasteiger partial charge in [0.05, 0.1) is 6.61 Å². The minimum absolute atomic E-state index is 0.102. The summed E-state index contributed by atoms with van der Waals surface area (Å²) in [6.07, 6.45) is 4.13. The van der Waals surface area contributed by atoms with Gasteiger partial charge in [0.1, 0.15) is 0 Å². The summed E-state index contributed by atoms with van der Waals surface area (Å²) < 4.78 is 5.27. The average Bonchev–Trinajstić information content (AvgIpc) is 2.45. The molecule has 1 aliphatic rings. The lowest BCUT2D eigenvalue weighted by atomic mass is 10.0. The number of rotatable bonds is 8. The lowest BCUT2D eigenvalue weighted by Crippen LogP contribution is -2.49. The van der Waals surface area contributed by atoms with Crippen LogP contribution in [0.1, 0.15) is 39.5 Å². The Bertz CT molecular complexity index is 276. The van der Waals surface area contributed by atoms with Crippen molar-refractivity contribution < 1.29 is 9.53 Å². The second-order valence-corrected chi connectivity index (χ2v) is 6.00. The highest BCUT2D eigenvalue weighted by Crippen LogP contribution is 2.14. The van der Waals surface area contributed by atoms with E-state index in [1.807, 2.05) is 18.7 Å². The molecule has 118 valence electrons. The molecule has 0 saturated carbocycles. The Morgan fingerprint density at radius 3 is 2.55 bits per heavy atom. The van der Waals surface area contributed by atoms with Gasteiger partial charge in [-0.3, -0.25) is 4.79 Å². The number of hydrogen-bond acceptors (Lipinski definition) is 4. The van der Waals surface area contributed by atoms with E-state index in [1.165, 1.54) is 0 Å². The summed E-state index contributed by atoms with van der Waals surface area (Å²) in [5.41, 5.74) is 5.57. The third-order valence-electron chi connectivity index (χ3n) is 3.90. The Morgan fingerprint density at radius 2 is 2.05 bits per heavy atom. The van der Waals surface area contributed by atoms with E-state index in [9.17, 15) is 4.79 Å². The quantitative estimate of drug-likeness (QED) is 0.697. The first-order chi connectivity index (χ1) is 9.58. The number of carbonyl (C=O) groups excluding carboxylic acids is 1. The number of ether oxygens (including phenoxy) is 1. The summed E-state index contributed by atoms with van der Waals surface area (Å²) >= 11 is 0. The van der Waals surface area contributed by atoms with E-state index in [2.05, 4.69) is 5.32 Å². The van der Waals surface area contributed by atoms with Crippen LogP contribution in [-0.2, 0) is 9.53 Å². The average molecular weight is 285 g/mol. The minimum atomic E-state index is 0.102. The second-order valence-electron chi connectivity index (χ2n) is 6.00. The summed E-state index contributed by atoms with van der Waals surface area (Å²) in [7, 11) is 1.74. The molecular weight excluding hydrogens is 254 g/mol. The van der Waals surface area contributed by atoms with Crippen LogP contribution in [0.5, 0.6) is 0 Å². The number of piperidine rings is 1. The van der Waals surface area contributed by atoms with Crippen LogP contribution in [0.25, 0.3) is 0 Å². The van der Waals surface area contributed by atoms with Crippen LogP contribution in [0, 0.1) is 5.92 Å². The molecule has 0 aromatic heterocycles. The smallest absolute Gasteiger partial charge is 0.225 e. The molecule has 1 rings (SSSR count). The van der Waals surface area contributed by atoms with Crippen molar-refractivity contribution in [2.75, 3.05) is 33.4 Å². The lowest BCUT2D eigenvalue weighted by Gasteiger charge is -2.35. The van der Waals surface area contributed by atoms with Crippen molar-refractivity contribution >= 4 is 5.91 Å². The van der Waals surface area contributed by atoms with Crippen LogP contribution >= 0.6 is 0 Å². The number of nitrogens with one attached hydrogen (secondary N) is 1. The van der Waals surface area contributed by atoms with Crippen molar-refractivity contribution in [1.82, 2.24) is 10.2 Å². The van der Waals surface area contributed by atoms with Crippen molar-refractivity contribution in [3.63, 3.8) is 0 Å². The SMILES string of the molecule is COCC(CCCN)NC1CCN(C(=O)C(C)C)CC1. The van der Waals surface area contributed by atoms with Crippen molar-refractivity contribution in [3.8, 4) is 0 Å². The molecular formula is C15H31N3O2. The van der Waals surface area contributed by atoms with Gasteiger partial charge in [-0.2, -0.15) is 0 Å². The third kappa shape index (κ3) is 5.77. The molecule has 5 heteroatoms. The van der Waals surface area contributed by atoms with Gasteiger partial charge in [0, 0.05) is 38.2 Å². The molecule has 3 N–H and O–H groups in total. The maximum atomic E-state index is 11.9. The third-order valence-corrected chi connectivity index (χ3v) is 3.90. The molecule has 1 saturated heterocycles. The Labute approximate surface area is 123 Å². The zero-order chi connectivity index (χ0) is 15.0. The van der Waals surface area contributed by atoms with Crippen LogP contribution in [0.2, 0.25) is 0 Å². The van der Waals surface area contributed by atoms with Gasteiger partial charge in [-0.15, -0.1) is 0 Å². The highest BCUT2D eigenvalue weighted by Gasteiger charge is 2.25. The molecule has 5 nitrogen and oxygen atoms in total. The van der Waals surface area contributed by atoms with Crippen molar-refractivity contribution in [1.29, 1.82) is 0 Å². The predicted molar refractivity (Wildman–Crippen MR) is 81.5 cm³/mol. The standard InChI is InChI=1S/C15H31N3O2/c1-12(2)15(19)18-9-6-13(7-10-18)17-14(11-20-3)5-4-8-16/h12-14,17H,4-11,16H2,1-3H3. The van der Waals surface area contributed by atoms with Gasteiger partial charge in [0.15, 0.2) is 0 Å². The fraction of sp³-hybridized carbons (Fsp3) is 0.933. The van der Waals surface area contributed by atoms with Gasteiger partial charge >= 0.3 is 0 Å². The van der Waals surface area contributed by atoms with Crippen LogP contribution in [0.15, 0.2) is 0 Å². The van der Waals surface area contributed by atoms with E-state index in [0.717, 1.165) is 51.9 Å². The first kappa shape index (κ1) is 17.4. The Hall–Kier alpha value is -0.650. The van der Waals surface area contributed by atoms with Crippen LogP contribution in [-0.4, -0.2) is 56.2 Å². The predicted octanol–water partition coefficient (Wildman–Crippen LogP) is 0.977. The molecule has 0 aromatic carbocycles. The summed E-state index contributed by atoms with van der Waals surface area (Å²) in [6.45, 7) is 7.12. The Balaban J connectivity index is 2.34. The van der Waals surface area contributed by atoms with E-state index in [-0.39, 0.29) is 11.8 Å². The van der Waals surface area contributed by atoms with Crippen molar-refractivity contribution in [2.24, 2.45) is 11.7 Å². The number of nitrogens with zero attached hydrogens (tertiary/aromatic N) is 1. The van der Waals surface area contributed by atoms with Gasteiger partial charge in [-0.25, -0.2) is 0 Å². The molecule has 0 spiro atoms. The first-order valence-electron chi connectivity index (χ1n) is 7.82. The monoisotopic (exact) mass is 285 g/mol. The first-order valence-corrected chi connectivity index (χ1v) is 7.82. The zero-order valence-corrected chi connectivity index (χ0v) is 13.2. The Kier molecular flexibility index (Phi) is 8.11. The molecule has 1 fully saturated rings. The maximum Gasteiger partial charge on any atom is 0.225 e. The summed E-state index contributed by atoms with van der Waals surface area (Å²) in [4.78, 5) is 13.9. The minimum Gasteiger partial charge on any atom is -0.383 e. The van der Waals surface area contributed by atoms with Crippen molar-refractivity contribution in [3.05, 3.63) is 0 Å². The fourth-order valence-electron chi connectivity index (χ4n) is 2.75. The Morgan fingerprint density at radius 1 is 1.40 bits per heavy atom. The molecule has 0 bridgehead atoms. The van der Waals surface area contributed by atoms with E-state index < -0.39 is 0 Å². The van der Waals surface area contributed by atoms with Crippen molar-refractivity contribution in [2.45, 2.75) is 51.6 Å². The summed E-state index contributed by atoms with van der Waals surface area (Å²) in [5.74, 6) is 0.380. The molecule has 1 amide bonds. The molecule has 1 aliphatic heterocycles. The van der Waals surface area contributed by atoms with Crippen LogP contribution in [0.3, 0.4) is 0 Å².